The highest BCUT2D eigenvalue weighted by Crippen LogP contribution is 2.38. The monoisotopic (exact) mass is 304 g/mol. The van der Waals surface area contributed by atoms with Crippen LogP contribution in [0.5, 0.6) is 11.5 Å². The molecule has 1 unspecified atom stereocenters. The molecule has 0 N–H and O–H groups in total. The molecule has 1 heterocycles. The zero-order valence-electron chi connectivity index (χ0n) is 13.4. The molecule has 1 aliphatic heterocycles. The van der Waals surface area contributed by atoms with Gasteiger partial charge in [0.2, 0.25) is 0 Å². The molecule has 1 aromatic rings. The predicted molar refractivity (Wildman–Crippen MR) is 81.1 cm³/mol. The highest BCUT2D eigenvalue weighted by Gasteiger charge is 2.25. The number of allylic oxidation sites excluding steroid dienone is 1. The topological polar surface area (TPSA) is 61.8 Å². The average Bonchev–Trinajstić information content (AvgIpc) is 2.36. The zero-order chi connectivity index (χ0) is 16.5. The predicted octanol–water partition coefficient (Wildman–Crippen LogP) is 3.97. The molecule has 0 fully saturated rings. The first-order valence-electron chi connectivity index (χ1n) is 7.10. The van der Waals surface area contributed by atoms with Gasteiger partial charge in [-0.2, -0.15) is 0 Å². The number of carbonyl (C=O) groups excluding carboxylic acids is 2. The first kappa shape index (κ1) is 16.1. The van der Waals surface area contributed by atoms with Crippen molar-refractivity contribution in [3.05, 3.63) is 35.6 Å². The van der Waals surface area contributed by atoms with Crippen molar-refractivity contribution in [1.29, 1.82) is 0 Å². The summed E-state index contributed by atoms with van der Waals surface area (Å²) in [7, 11) is 0. The van der Waals surface area contributed by atoms with Gasteiger partial charge in [-0.1, -0.05) is 13.0 Å². The molecular weight excluding hydrogens is 284 g/mol. The molecule has 1 aliphatic rings. The van der Waals surface area contributed by atoms with Gasteiger partial charge in [0.25, 0.3) is 0 Å². The maximum absolute atomic E-state index is 11.7. The van der Waals surface area contributed by atoms with Crippen LogP contribution in [0.15, 0.2) is 30.0 Å². The summed E-state index contributed by atoms with van der Waals surface area (Å²) < 4.78 is 15.7. The second-order valence-electron chi connectivity index (χ2n) is 6.24. The molecule has 22 heavy (non-hydrogen) atoms. The van der Waals surface area contributed by atoms with E-state index in [0.29, 0.717) is 17.1 Å². The van der Waals surface area contributed by atoms with Crippen LogP contribution in [-0.2, 0) is 9.53 Å². The SMILES string of the molecule is CC(=O)C1=COc2cc(OC(=O)OC(C)(C)C)ccc2C1C. The number of ketones is 1. The van der Waals surface area contributed by atoms with E-state index in [-0.39, 0.29) is 11.7 Å². The van der Waals surface area contributed by atoms with Gasteiger partial charge in [-0.15, -0.1) is 0 Å². The molecular formula is C17H20O5. The van der Waals surface area contributed by atoms with Crippen molar-refractivity contribution in [2.45, 2.75) is 46.1 Å². The smallest absolute Gasteiger partial charge is 0.464 e. The van der Waals surface area contributed by atoms with E-state index in [1.54, 1.807) is 39.0 Å². The minimum Gasteiger partial charge on any atom is -0.464 e. The van der Waals surface area contributed by atoms with E-state index in [2.05, 4.69) is 0 Å². The van der Waals surface area contributed by atoms with Crippen LogP contribution in [0.1, 0.15) is 46.1 Å². The largest absolute Gasteiger partial charge is 0.514 e. The van der Waals surface area contributed by atoms with Crippen molar-refractivity contribution in [3.8, 4) is 11.5 Å². The van der Waals surface area contributed by atoms with Crippen LogP contribution in [0.4, 0.5) is 4.79 Å². The van der Waals surface area contributed by atoms with Crippen LogP contribution in [0.3, 0.4) is 0 Å². The summed E-state index contributed by atoms with van der Waals surface area (Å²) in [6.45, 7) is 8.74. The third kappa shape index (κ3) is 3.67. The third-order valence-corrected chi connectivity index (χ3v) is 3.23. The summed E-state index contributed by atoms with van der Waals surface area (Å²) >= 11 is 0. The normalized spacial score (nSPS) is 17.0. The zero-order valence-corrected chi connectivity index (χ0v) is 13.4. The van der Waals surface area contributed by atoms with Crippen molar-refractivity contribution in [2.24, 2.45) is 0 Å². The Labute approximate surface area is 129 Å². The molecule has 0 radical (unpaired) electrons. The molecule has 0 saturated heterocycles. The summed E-state index contributed by atoms with van der Waals surface area (Å²) in [6.07, 6.45) is 0.684. The Kier molecular flexibility index (Phi) is 4.26. The lowest BCUT2D eigenvalue weighted by Gasteiger charge is -2.23. The molecule has 5 heteroatoms. The average molecular weight is 304 g/mol. The van der Waals surface area contributed by atoms with Gasteiger partial charge < -0.3 is 14.2 Å². The minimum absolute atomic E-state index is 0.0211. The van der Waals surface area contributed by atoms with Gasteiger partial charge >= 0.3 is 6.16 Å². The van der Waals surface area contributed by atoms with Gasteiger partial charge in [0.05, 0.1) is 6.26 Å². The Morgan fingerprint density at radius 1 is 1.23 bits per heavy atom. The number of hydrogen-bond acceptors (Lipinski definition) is 5. The Morgan fingerprint density at radius 2 is 1.91 bits per heavy atom. The Hall–Kier alpha value is -2.30. The molecule has 0 aromatic heterocycles. The van der Waals surface area contributed by atoms with Gasteiger partial charge in [0.1, 0.15) is 17.1 Å². The lowest BCUT2D eigenvalue weighted by atomic mass is 9.89. The van der Waals surface area contributed by atoms with Gasteiger partial charge in [-0.05, 0) is 33.8 Å². The number of fused-ring (bicyclic) bond motifs is 1. The van der Waals surface area contributed by atoms with E-state index in [0.717, 1.165) is 5.56 Å². The fourth-order valence-electron chi connectivity index (χ4n) is 2.19. The number of rotatable bonds is 2. The fourth-order valence-corrected chi connectivity index (χ4v) is 2.19. The van der Waals surface area contributed by atoms with Crippen molar-refractivity contribution in [2.75, 3.05) is 0 Å². The van der Waals surface area contributed by atoms with Crippen molar-refractivity contribution in [3.63, 3.8) is 0 Å². The standard InChI is InChI=1S/C17H20O5/c1-10-13-7-6-12(21-16(19)22-17(3,4)5)8-15(13)20-9-14(10)11(2)18/h6-10H,1-5H3. The minimum atomic E-state index is -0.767. The maximum Gasteiger partial charge on any atom is 0.514 e. The maximum atomic E-state index is 11.7. The van der Waals surface area contributed by atoms with Crippen LogP contribution < -0.4 is 9.47 Å². The quantitative estimate of drug-likeness (QED) is 0.611. The van der Waals surface area contributed by atoms with Crippen LogP contribution in [-0.4, -0.2) is 17.5 Å². The molecule has 0 bridgehead atoms. The van der Waals surface area contributed by atoms with Crippen molar-refractivity contribution in [1.82, 2.24) is 0 Å². The van der Waals surface area contributed by atoms with Gasteiger partial charge in [0.15, 0.2) is 5.78 Å². The molecule has 2 rings (SSSR count). The fraction of sp³-hybridized carbons (Fsp3) is 0.412. The van der Waals surface area contributed by atoms with E-state index >= 15 is 0 Å². The van der Waals surface area contributed by atoms with Crippen LogP contribution in [0, 0.1) is 0 Å². The summed E-state index contributed by atoms with van der Waals surface area (Å²) in [5, 5.41) is 0. The van der Waals surface area contributed by atoms with E-state index in [9.17, 15) is 9.59 Å². The third-order valence-electron chi connectivity index (χ3n) is 3.23. The summed E-state index contributed by atoms with van der Waals surface area (Å²) in [5.41, 5.74) is 0.882. The Balaban J connectivity index is 2.16. The van der Waals surface area contributed by atoms with Gasteiger partial charge in [-0.25, -0.2) is 4.79 Å². The molecule has 118 valence electrons. The first-order chi connectivity index (χ1) is 10.2. The summed E-state index contributed by atoms with van der Waals surface area (Å²) in [5.74, 6) is 0.822. The van der Waals surface area contributed by atoms with E-state index in [1.165, 1.54) is 13.2 Å². The lowest BCUT2D eigenvalue weighted by molar-refractivity contribution is -0.114. The van der Waals surface area contributed by atoms with Crippen LogP contribution in [0.2, 0.25) is 0 Å². The summed E-state index contributed by atoms with van der Waals surface area (Å²) in [4.78, 5) is 23.2. The second-order valence-corrected chi connectivity index (χ2v) is 6.24. The number of hydrogen-bond donors (Lipinski definition) is 0. The first-order valence-corrected chi connectivity index (χ1v) is 7.10. The van der Waals surface area contributed by atoms with E-state index in [1.807, 2.05) is 6.92 Å². The second kappa shape index (κ2) is 5.83. The molecule has 1 atom stereocenters. The molecule has 0 aliphatic carbocycles. The number of Topliss-reactive ketones (excluding diaryl/α,β-unsaturated/α-hetero) is 1. The Bertz CT molecular complexity index is 637. The molecule has 0 amide bonds. The highest BCUT2D eigenvalue weighted by molar-refractivity contribution is 5.95. The number of ether oxygens (including phenoxy) is 3. The molecule has 5 nitrogen and oxygen atoms in total. The van der Waals surface area contributed by atoms with Gasteiger partial charge in [0, 0.05) is 23.1 Å². The highest BCUT2D eigenvalue weighted by atomic mass is 16.7. The number of carbonyl (C=O) groups is 2. The molecule has 0 spiro atoms. The van der Waals surface area contributed by atoms with E-state index < -0.39 is 11.8 Å². The van der Waals surface area contributed by atoms with Crippen LogP contribution in [0.25, 0.3) is 0 Å². The van der Waals surface area contributed by atoms with Gasteiger partial charge in [-0.3, -0.25) is 4.79 Å². The Morgan fingerprint density at radius 3 is 2.50 bits per heavy atom. The number of benzene rings is 1. The van der Waals surface area contributed by atoms with Crippen molar-refractivity contribution < 1.29 is 23.8 Å². The molecule has 0 saturated carbocycles. The van der Waals surface area contributed by atoms with E-state index in [4.69, 9.17) is 14.2 Å². The summed E-state index contributed by atoms with van der Waals surface area (Å²) in [6, 6.07) is 5.06. The van der Waals surface area contributed by atoms with Crippen molar-refractivity contribution >= 4 is 11.9 Å². The van der Waals surface area contributed by atoms with Crippen LogP contribution >= 0.6 is 0 Å². The lowest BCUT2D eigenvalue weighted by Crippen LogP contribution is -2.26. The molecule has 1 aromatic carbocycles.